The molecule has 0 radical (unpaired) electrons. The molecule has 0 aliphatic carbocycles. The first-order valence-electron chi connectivity index (χ1n) is 28.8. The molecule has 0 amide bonds. The first kappa shape index (κ1) is 39.1. The Bertz CT molecular complexity index is 5370. The van der Waals surface area contributed by atoms with Gasteiger partial charge in [-0.2, -0.15) is 0 Å². The van der Waals surface area contributed by atoms with E-state index in [1.165, 1.54) is 0 Å². The number of rotatable bonds is 4. The van der Waals surface area contributed by atoms with Crippen LogP contribution in [0.15, 0.2) is 261 Å². The van der Waals surface area contributed by atoms with Crippen molar-refractivity contribution in [1.82, 2.24) is 18.3 Å². The zero-order valence-corrected chi connectivity index (χ0v) is 42.5. The lowest BCUT2D eigenvalue weighted by atomic mass is 9.31. The summed E-state index contributed by atoms with van der Waals surface area (Å²) in [7, 11) is 0. The minimum Gasteiger partial charge on any atom is -0.309 e. The highest BCUT2D eigenvalue weighted by Gasteiger charge is 2.43. The largest absolute Gasteiger partial charge is 0.309 e. The van der Waals surface area contributed by atoms with Gasteiger partial charge in [-0.3, -0.25) is 0 Å². The molecule has 0 saturated carbocycles. The molecule has 6 heterocycles. The number of para-hydroxylation sites is 8. The van der Waals surface area contributed by atoms with E-state index in [0.717, 1.165) is 170 Å². The van der Waals surface area contributed by atoms with Gasteiger partial charge in [0, 0.05) is 87.7 Å². The smallest absolute Gasteiger partial charge is 0.244 e. The summed E-state index contributed by atoms with van der Waals surface area (Å²) in [6.45, 7) is -0.450. The van der Waals surface area contributed by atoms with Gasteiger partial charge in [0.1, 0.15) is 0 Å². The second kappa shape index (κ2) is 15.2. The quantitative estimate of drug-likeness (QED) is 0.157. The normalized spacial score (nSPS) is 13.3. The third kappa shape index (κ3) is 5.25. The lowest BCUT2D eigenvalue weighted by molar-refractivity contribution is 1.18. The van der Waals surface area contributed by atoms with E-state index in [1.54, 1.807) is 0 Å². The SMILES string of the molecule is [2H]c1c([2H])c2c3c(c1[2H])-c1c4c(cc5c6ccccc6n(-c6ccccc6)c5c4cc4c5ccccc5n(-c5ccccc5)c14)B3c1cc3c4ccccc4n(-c4ccccc4)c3c3cc4c5ccccc5n(-c5ccccc5)c4c-2c13. The Labute approximate surface area is 457 Å². The molecule has 19 rings (SSSR count). The van der Waals surface area contributed by atoms with Crippen LogP contribution in [-0.2, 0) is 0 Å². The summed E-state index contributed by atoms with van der Waals surface area (Å²) in [5.74, 6) is 0. The van der Waals surface area contributed by atoms with E-state index >= 15 is 0 Å². The summed E-state index contributed by atoms with van der Waals surface area (Å²) < 4.78 is 41.4. The van der Waals surface area contributed by atoms with Crippen LogP contribution in [0.3, 0.4) is 0 Å². The molecule has 4 nitrogen and oxygen atoms in total. The average molecular weight is 1000 g/mol. The molecule has 0 fully saturated rings. The second-order valence-corrected chi connectivity index (χ2v) is 21.6. The predicted octanol–water partition coefficient (Wildman–Crippen LogP) is 16.9. The van der Waals surface area contributed by atoms with Gasteiger partial charge in [-0.25, -0.2) is 0 Å². The highest BCUT2D eigenvalue weighted by atomic mass is 15.0. The lowest BCUT2D eigenvalue weighted by Crippen LogP contribution is -2.57. The van der Waals surface area contributed by atoms with Crippen molar-refractivity contribution in [2.45, 2.75) is 0 Å². The highest BCUT2D eigenvalue weighted by molar-refractivity contribution is 7.02. The fourth-order valence-corrected chi connectivity index (χ4v) is 14.9. The van der Waals surface area contributed by atoms with Crippen LogP contribution >= 0.6 is 0 Å². The number of nitrogens with zero attached hydrogens (tertiary/aromatic N) is 4. The summed E-state index contributed by atoms with van der Waals surface area (Å²) in [6.07, 6.45) is 0. The molecule has 0 unspecified atom stereocenters. The standard InChI is InChI=1S/C74H43BN4/c1-5-22-44(23-6-1)76-62-36-17-15-32-50(62)56-42-60-66-58(71(56)76)40-54-48-30-13-19-38-64(48)78(46-26-9-3-10-27-46)73(54)68(66)52-34-21-35-53-69-67-59(41-55-49-31-14-20-39-65(49)79(74(55)69)47-28-11-4-12-29-47)72-57(43-61(67)75(60)70(52)53)51-33-16-18-37-63(51)77(72)45-24-7-2-8-25-45/h1-43H/i21D,34D,35D. The topological polar surface area (TPSA) is 19.7 Å². The van der Waals surface area contributed by atoms with Gasteiger partial charge >= 0.3 is 0 Å². The molecular weight excluding hydrogens is 956 g/mol. The maximum atomic E-state index is 10.7. The monoisotopic (exact) mass is 1000 g/mol. The zero-order chi connectivity index (χ0) is 53.8. The van der Waals surface area contributed by atoms with Crippen LogP contribution in [0.25, 0.3) is 154 Å². The summed E-state index contributed by atoms with van der Waals surface area (Å²) >= 11 is 0. The lowest BCUT2D eigenvalue weighted by Gasteiger charge is -2.35. The van der Waals surface area contributed by atoms with Gasteiger partial charge in [0.2, 0.25) is 6.71 Å². The molecule has 2 aliphatic rings. The van der Waals surface area contributed by atoms with Gasteiger partial charge < -0.3 is 18.3 Å². The van der Waals surface area contributed by atoms with Gasteiger partial charge in [0.25, 0.3) is 0 Å². The van der Waals surface area contributed by atoms with E-state index < -0.39 is 6.71 Å². The molecule has 17 aromatic rings. The van der Waals surface area contributed by atoms with Crippen molar-refractivity contribution >= 4 is 132 Å². The van der Waals surface area contributed by atoms with Crippen molar-refractivity contribution in [3.05, 3.63) is 261 Å². The van der Waals surface area contributed by atoms with Gasteiger partial charge in [-0.05, 0) is 107 Å². The molecule has 13 aromatic carbocycles. The Morgan fingerprint density at radius 1 is 0.278 bits per heavy atom. The van der Waals surface area contributed by atoms with Crippen LogP contribution in [0.2, 0.25) is 0 Å². The number of benzene rings is 13. The third-order valence-corrected chi connectivity index (χ3v) is 17.8. The van der Waals surface area contributed by atoms with Crippen LogP contribution < -0.4 is 16.4 Å². The summed E-state index contributed by atoms with van der Waals surface area (Å²) in [5.41, 5.74) is 19.1. The van der Waals surface area contributed by atoms with E-state index in [0.29, 0.717) is 0 Å². The minimum atomic E-state index is -0.450. The fraction of sp³-hybridized carbons (Fsp3) is 0. The van der Waals surface area contributed by atoms with Crippen molar-refractivity contribution in [2.24, 2.45) is 0 Å². The van der Waals surface area contributed by atoms with Gasteiger partial charge in [0.05, 0.1) is 48.2 Å². The molecule has 5 heteroatoms. The average Bonchev–Trinajstić information content (AvgIpc) is 1.35. The number of aromatic nitrogens is 4. The summed E-state index contributed by atoms with van der Waals surface area (Å²) in [5, 5.41) is 13.2. The van der Waals surface area contributed by atoms with E-state index in [2.05, 4.69) is 261 Å². The Kier molecular flexibility index (Phi) is 7.51. The molecule has 0 bridgehead atoms. The maximum Gasteiger partial charge on any atom is 0.244 e. The van der Waals surface area contributed by atoms with Crippen molar-refractivity contribution in [3.63, 3.8) is 0 Å². The Morgan fingerprint density at radius 2 is 0.570 bits per heavy atom. The van der Waals surface area contributed by atoms with Crippen LogP contribution in [-0.4, -0.2) is 25.0 Å². The number of hydrogen-bond acceptors (Lipinski definition) is 0. The molecule has 2 aliphatic heterocycles. The van der Waals surface area contributed by atoms with Gasteiger partial charge in [-0.1, -0.05) is 192 Å². The van der Waals surface area contributed by atoms with Crippen molar-refractivity contribution in [2.75, 3.05) is 0 Å². The second-order valence-electron chi connectivity index (χ2n) is 21.6. The predicted molar refractivity (Wildman–Crippen MR) is 334 cm³/mol. The molecule has 79 heavy (non-hydrogen) atoms. The third-order valence-electron chi connectivity index (χ3n) is 17.8. The fourth-order valence-electron chi connectivity index (χ4n) is 14.9. The van der Waals surface area contributed by atoms with Gasteiger partial charge in [0.15, 0.2) is 0 Å². The Balaban J connectivity index is 1.12. The van der Waals surface area contributed by atoms with Crippen LogP contribution in [0.4, 0.5) is 0 Å². The maximum absolute atomic E-state index is 10.7. The first-order chi connectivity index (χ1) is 40.5. The van der Waals surface area contributed by atoms with Crippen molar-refractivity contribution in [3.8, 4) is 45.0 Å². The summed E-state index contributed by atoms with van der Waals surface area (Å²) in [6, 6.07) is 87.7. The molecule has 0 N–H and O–H groups in total. The number of fused-ring (bicyclic) bond motifs is 20. The molecule has 362 valence electrons. The summed E-state index contributed by atoms with van der Waals surface area (Å²) in [4.78, 5) is 0. The highest BCUT2D eigenvalue weighted by Crippen LogP contribution is 2.52. The Morgan fingerprint density at radius 3 is 0.911 bits per heavy atom. The molecular formula is C74H43BN4. The van der Waals surface area contributed by atoms with Crippen LogP contribution in [0.1, 0.15) is 4.11 Å². The molecule has 0 saturated heterocycles. The van der Waals surface area contributed by atoms with E-state index in [4.69, 9.17) is 0 Å². The van der Waals surface area contributed by atoms with E-state index in [-0.39, 0.29) is 18.1 Å². The Hall–Kier alpha value is -10.4. The van der Waals surface area contributed by atoms with E-state index in [9.17, 15) is 4.11 Å². The number of hydrogen-bond donors (Lipinski definition) is 0. The minimum absolute atomic E-state index is 0.0685. The molecule has 0 spiro atoms. The zero-order valence-electron chi connectivity index (χ0n) is 45.5. The molecule has 4 aromatic heterocycles. The molecule has 0 atom stereocenters. The van der Waals surface area contributed by atoms with Crippen LogP contribution in [0, 0.1) is 0 Å². The van der Waals surface area contributed by atoms with Crippen LogP contribution in [0.5, 0.6) is 0 Å². The van der Waals surface area contributed by atoms with Crippen molar-refractivity contribution < 1.29 is 4.11 Å². The van der Waals surface area contributed by atoms with E-state index in [1.807, 2.05) is 0 Å². The van der Waals surface area contributed by atoms with Crippen molar-refractivity contribution in [1.29, 1.82) is 0 Å². The van der Waals surface area contributed by atoms with Gasteiger partial charge in [-0.15, -0.1) is 0 Å². The first-order valence-corrected chi connectivity index (χ1v) is 27.3.